The summed E-state index contributed by atoms with van der Waals surface area (Å²) < 4.78 is 15.9. The van der Waals surface area contributed by atoms with Crippen LogP contribution in [0.3, 0.4) is 0 Å². The molecule has 8 heteroatoms. The zero-order chi connectivity index (χ0) is 19.6. The highest BCUT2D eigenvalue weighted by molar-refractivity contribution is 5.97. The quantitative estimate of drug-likeness (QED) is 0.781. The van der Waals surface area contributed by atoms with Crippen molar-refractivity contribution in [3.63, 3.8) is 0 Å². The van der Waals surface area contributed by atoms with Crippen LogP contribution in [0.15, 0.2) is 40.0 Å². The minimum absolute atomic E-state index is 0.0859. The van der Waals surface area contributed by atoms with Crippen LogP contribution in [-0.2, 0) is 14.3 Å². The summed E-state index contributed by atoms with van der Waals surface area (Å²) in [6, 6.07) is 6.21. The lowest BCUT2D eigenvalue weighted by Crippen LogP contribution is -2.50. The molecule has 8 nitrogen and oxygen atoms in total. The van der Waals surface area contributed by atoms with Crippen LogP contribution < -0.4 is 10.6 Å². The van der Waals surface area contributed by atoms with Crippen LogP contribution in [0.4, 0.5) is 4.79 Å². The second-order valence-electron chi connectivity index (χ2n) is 6.06. The third kappa shape index (κ3) is 3.64. The van der Waals surface area contributed by atoms with Gasteiger partial charge >= 0.3 is 18.0 Å². The van der Waals surface area contributed by atoms with Crippen LogP contribution in [0.5, 0.6) is 0 Å². The number of benzene rings is 1. The number of carbonyl (C=O) groups excluding carboxylic acids is 3. The number of fused-ring (bicyclic) bond motifs is 1. The Morgan fingerprint density at radius 1 is 1.19 bits per heavy atom. The van der Waals surface area contributed by atoms with E-state index in [0.717, 1.165) is 5.39 Å². The average Bonchev–Trinajstić information content (AvgIpc) is 2.96. The SMILES string of the molecule is CCOC(=O)C1=C(COC(=O)c2oc3ccccc3c2C)NC(=O)N[C@H]1C. The lowest BCUT2D eigenvalue weighted by Gasteiger charge is -2.26. The van der Waals surface area contributed by atoms with Gasteiger partial charge in [0.05, 0.1) is 23.9 Å². The Labute approximate surface area is 155 Å². The lowest BCUT2D eigenvalue weighted by atomic mass is 10.0. The molecule has 0 radical (unpaired) electrons. The molecule has 1 aromatic heterocycles. The number of aryl methyl sites for hydroxylation is 1. The first-order valence-corrected chi connectivity index (χ1v) is 8.55. The van der Waals surface area contributed by atoms with E-state index < -0.39 is 24.0 Å². The minimum Gasteiger partial charge on any atom is -0.463 e. The first-order chi connectivity index (χ1) is 12.9. The van der Waals surface area contributed by atoms with Crippen molar-refractivity contribution in [2.24, 2.45) is 0 Å². The summed E-state index contributed by atoms with van der Waals surface area (Å²) in [7, 11) is 0. The monoisotopic (exact) mass is 372 g/mol. The standard InChI is InChI=1S/C19H20N2O6/c1-4-25-17(22)15-11(3)20-19(24)21-13(15)9-26-18(23)16-10(2)12-7-5-6-8-14(12)27-16/h5-8,11H,4,9H2,1-3H3,(H2,20,21,24)/t11-/m0/s1. The number of nitrogens with one attached hydrogen (secondary N) is 2. The topological polar surface area (TPSA) is 107 Å². The van der Waals surface area contributed by atoms with Crippen molar-refractivity contribution in [2.45, 2.75) is 26.8 Å². The third-order valence-corrected chi connectivity index (χ3v) is 4.24. The van der Waals surface area contributed by atoms with E-state index in [9.17, 15) is 14.4 Å². The van der Waals surface area contributed by atoms with Crippen molar-refractivity contribution in [1.29, 1.82) is 0 Å². The zero-order valence-corrected chi connectivity index (χ0v) is 15.3. The number of rotatable bonds is 5. The molecular weight excluding hydrogens is 352 g/mol. The summed E-state index contributed by atoms with van der Waals surface area (Å²) in [4.78, 5) is 36.4. The number of urea groups is 1. The molecule has 2 aromatic rings. The summed E-state index contributed by atoms with van der Waals surface area (Å²) in [5.41, 5.74) is 1.65. The van der Waals surface area contributed by atoms with E-state index >= 15 is 0 Å². The summed E-state index contributed by atoms with van der Waals surface area (Å²) in [5.74, 6) is -1.17. The smallest absolute Gasteiger partial charge is 0.374 e. The van der Waals surface area contributed by atoms with Crippen molar-refractivity contribution in [2.75, 3.05) is 13.2 Å². The Hall–Kier alpha value is -3.29. The molecule has 1 aliphatic rings. The number of carbonyl (C=O) groups is 3. The highest BCUT2D eigenvalue weighted by atomic mass is 16.5. The second-order valence-corrected chi connectivity index (χ2v) is 6.06. The second kappa shape index (κ2) is 7.53. The van der Waals surface area contributed by atoms with Gasteiger partial charge in [-0.15, -0.1) is 0 Å². The summed E-state index contributed by atoms with van der Waals surface area (Å²) in [6.45, 7) is 4.99. The van der Waals surface area contributed by atoms with Gasteiger partial charge in [-0.25, -0.2) is 14.4 Å². The van der Waals surface area contributed by atoms with E-state index in [2.05, 4.69) is 10.6 Å². The molecule has 27 heavy (non-hydrogen) atoms. The number of hydrogen-bond donors (Lipinski definition) is 2. The maximum Gasteiger partial charge on any atom is 0.374 e. The largest absolute Gasteiger partial charge is 0.463 e. The molecule has 1 aliphatic heterocycles. The van der Waals surface area contributed by atoms with Crippen LogP contribution >= 0.6 is 0 Å². The molecule has 142 valence electrons. The Balaban J connectivity index is 1.82. The van der Waals surface area contributed by atoms with Crippen LogP contribution in [-0.4, -0.2) is 37.2 Å². The maximum absolute atomic E-state index is 12.5. The fraction of sp³-hybridized carbons (Fsp3) is 0.316. The van der Waals surface area contributed by atoms with Crippen molar-refractivity contribution < 1.29 is 28.3 Å². The molecule has 2 heterocycles. The maximum atomic E-state index is 12.5. The predicted molar refractivity (Wildman–Crippen MR) is 96.0 cm³/mol. The fourth-order valence-corrected chi connectivity index (χ4v) is 2.97. The van der Waals surface area contributed by atoms with Gasteiger partial charge in [0.2, 0.25) is 5.76 Å². The van der Waals surface area contributed by atoms with Gasteiger partial charge in [-0.1, -0.05) is 18.2 Å². The Morgan fingerprint density at radius 2 is 1.93 bits per heavy atom. The van der Waals surface area contributed by atoms with E-state index in [1.165, 1.54) is 0 Å². The number of ether oxygens (including phenoxy) is 2. The Morgan fingerprint density at radius 3 is 2.63 bits per heavy atom. The van der Waals surface area contributed by atoms with Crippen molar-refractivity contribution >= 4 is 28.9 Å². The van der Waals surface area contributed by atoms with E-state index in [1.54, 1.807) is 26.8 Å². The summed E-state index contributed by atoms with van der Waals surface area (Å²) >= 11 is 0. The first kappa shape index (κ1) is 18.5. The van der Waals surface area contributed by atoms with Gasteiger partial charge in [-0.3, -0.25) is 0 Å². The highest BCUT2D eigenvalue weighted by Gasteiger charge is 2.30. The van der Waals surface area contributed by atoms with Gasteiger partial charge in [-0.2, -0.15) is 0 Å². The van der Waals surface area contributed by atoms with E-state index in [-0.39, 0.29) is 30.2 Å². The highest BCUT2D eigenvalue weighted by Crippen LogP contribution is 2.25. The Kier molecular flexibility index (Phi) is 5.16. The normalized spacial score (nSPS) is 16.7. The van der Waals surface area contributed by atoms with Crippen LogP contribution in [0.2, 0.25) is 0 Å². The number of hydrogen-bond acceptors (Lipinski definition) is 6. The van der Waals surface area contributed by atoms with Crippen molar-refractivity contribution in [3.05, 3.63) is 46.9 Å². The number of para-hydroxylation sites is 1. The van der Waals surface area contributed by atoms with E-state index in [0.29, 0.717) is 11.1 Å². The molecule has 0 aliphatic carbocycles. The van der Waals surface area contributed by atoms with Gasteiger partial charge in [0.1, 0.15) is 12.2 Å². The van der Waals surface area contributed by atoms with Crippen molar-refractivity contribution in [1.82, 2.24) is 10.6 Å². The molecule has 3 rings (SSSR count). The van der Waals surface area contributed by atoms with Gasteiger partial charge in [0, 0.05) is 10.9 Å². The molecule has 0 saturated carbocycles. The molecule has 1 atom stereocenters. The van der Waals surface area contributed by atoms with E-state index in [1.807, 2.05) is 18.2 Å². The average molecular weight is 372 g/mol. The van der Waals surface area contributed by atoms with Crippen molar-refractivity contribution in [3.8, 4) is 0 Å². The molecule has 1 aromatic carbocycles. The molecule has 0 unspecified atom stereocenters. The first-order valence-electron chi connectivity index (χ1n) is 8.55. The van der Waals surface area contributed by atoms with Crippen LogP contribution in [0, 0.1) is 6.92 Å². The fourth-order valence-electron chi connectivity index (χ4n) is 2.97. The van der Waals surface area contributed by atoms with E-state index in [4.69, 9.17) is 13.9 Å². The van der Waals surface area contributed by atoms with Crippen LogP contribution in [0.1, 0.15) is 30.0 Å². The Bertz CT molecular complexity index is 943. The molecule has 0 saturated heterocycles. The predicted octanol–water partition coefficient (Wildman–Crippen LogP) is 2.42. The van der Waals surface area contributed by atoms with Gasteiger partial charge in [0.25, 0.3) is 0 Å². The number of amides is 2. The molecule has 0 bridgehead atoms. The molecule has 2 N–H and O–H groups in total. The molecular formula is C19H20N2O6. The molecule has 0 spiro atoms. The minimum atomic E-state index is -0.681. The third-order valence-electron chi connectivity index (χ3n) is 4.24. The van der Waals surface area contributed by atoms with Crippen LogP contribution in [0.25, 0.3) is 11.0 Å². The van der Waals surface area contributed by atoms with Gasteiger partial charge in [-0.05, 0) is 26.8 Å². The zero-order valence-electron chi connectivity index (χ0n) is 15.3. The van der Waals surface area contributed by atoms with Gasteiger partial charge < -0.3 is 24.5 Å². The number of esters is 2. The molecule has 0 fully saturated rings. The lowest BCUT2D eigenvalue weighted by molar-refractivity contribution is -0.139. The summed E-state index contributed by atoms with van der Waals surface area (Å²) in [6.07, 6.45) is 0. The summed E-state index contributed by atoms with van der Waals surface area (Å²) in [5, 5.41) is 5.90. The van der Waals surface area contributed by atoms with Gasteiger partial charge in [0.15, 0.2) is 0 Å². The molecule has 2 amide bonds. The number of furan rings is 1.